The summed E-state index contributed by atoms with van der Waals surface area (Å²) in [4.78, 5) is 12.1. The molecule has 0 aromatic heterocycles. The van der Waals surface area contributed by atoms with E-state index in [0.29, 0.717) is 13.1 Å². The predicted octanol–water partition coefficient (Wildman–Crippen LogP) is 1.59. The Balaban J connectivity index is 1.57. The van der Waals surface area contributed by atoms with E-state index in [-0.39, 0.29) is 23.9 Å². The highest BCUT2D eigenvalue weighted by Crippen LogP contribution is 2.73. The van der Waals surface area contributed by atoms with E-state index in [2.05, 4.69) is 10.1 Å². The van der Waals surface area contributed by atoms with E-state index in [0.717, 1.165) is 19.3 Å². The van der Waals surface area contributed by atoms with Crippen LogP contribution < -0.4 is 11.1 Å². The van der Waals surface area contributed by atoms with Gasteiger partial charge in [0.1, 0.15) is 0 Å². The summed E-state index contributed by atoms with van der Waals surface area (Å²) in [5.41, 5.74) is 6.00. The molecular weight excluding hydrogens is 285 g/mol. The molecule has 0 aromatic rings. The summed E-state index contributed by atoms with van der Waals surface area (Å²) in [6.45, 7) is 0.856. The van der Waals surface area contributed by atoms with E-state index in [9.17, 15) is 18.0 Å². The molecule has 2 saturated carbocycles. The van der Waals surface area contributed by atoms with Crippen LogP contribution in [0.3, 0.4) is 0 Å². The first-order chi connectivity index (χ1) is 9.84. The van der Waals surface area contributed by atoms with Crippen LogP contribution in [0.25, 0.3) is 0 Å². The van der Waals surface area contributed by atoms with Crippen molar-refractivity contribution in [1.82, 2.24) is 5.32 Å². The van der Waals surface area contributed by atoms with Gasteiger partial charge in [-0.15, -0.1) is 0 Å². The van der Waals surface area contributed by atoms with Crippen molar-refractivity contribution in [2.24, 2.45) is 22.5 Å². The van der Waals surface area contributed by atoms with Gasteiger partial charge in [0.15, 0.2) is 6.10 Å². The van der Waals surface area contributed by atoms with Crippen LogP contribution in [0.2, 0.25) is 0 Å². The van der Waals surface area contributed by atoms with Crippen molar-refractivity contribution in [3.05, 3.63) is 0 Å². The SMILES string of the molecule is NCC1(CNC(=O)[C@@H]2CCO[C@H]2C(F)(F)F)CC12CCC2. The number of hydrogen-bond donors (Lipinski definition) is 2. The van der Waals surface area contributed by atoms with E-state index in [1.807, 2.05) is 0 Å². The smallest absolute Gasteiger partial charge is 0.368 e. The maximum atomic E-state index is 12.8. The number of nitrogens with two attached hydrogens (primary N) is 1. The molecule has 3 N–H and O–H groups in total. The minimum absolute atomic E-state index is 0.0196. The molecule has 0 radical (unpaired) electrons. The van der Waals surface area contributed by atoms with Gasteiger partial charge in [-0.2, -0.15) is 13.2 Å². The van der Waals surface area contributed by atoms with Crippen molar-refractivity contribution >= 4 is 5.91 Å². The lowest BCUT2D eigenvalue weighted by Crippen LogP contribution is -2.45. The Labute approximate surface area is 121 Å². The Morgan fingerprint density at radius 2 is 2.10 bits per heavy atom. The molecule has 2 aliphatic carbocycles. The summed E-state index contributed by atoms with van der Waals surface area (Å²) < 4.78 is 43.0. The average molecular weight is 306 g/mol. The van der Waals surface area contributed by atoms with Gasteiger partial charge in [0.05, 0.1) is 5.92 Å². The van der Waals surface area contributed by atoms with Crippen molar-refractivity contribution in [3.8, 4) is 0 Å². The van der Waals surface area contributed by atoms with Crippen LogP contribution in [0.1, 0.15) is 32.1 Å². The molecule has 3 rings (SSSR count). The van der Waals surface area contributed by atoms with E-state index in [4.69, 9.17) is 5.73 Å². The molecule has 3 atom stereocenters. The normalized spacial score (nSPS) is 37.3. The van der Waals surface area contributed by atoms with Gasteiger partial charge in [-0.3, -0.25) is 4.79 Å². The van der Waals surface area contributed by atoms with Crippen LogP contribution in [-0.2, 0) is 9.53 Å². The zero-order valence-corrected chi connectivity index (χ0v) is 11.8. The Kier molecular flexibility index (Phi) is 3.48. The number of alkyl halides is 3. The van der Waals surface area contributed by atoms with Crippen molar-refractivity contribution in [1.29, 1.82) is 0 Å². The molecule has 0 bridgehead atoms. The first-order valence-corrected chi connectivity index (χ1v) is 7.50. The number of halogens is 3. The van der Waals surface area contributed by atoms with Crippen molar-refractivity contribution in [2.45, 2.75) is 44.4 Å². The monoisotopic (exact) mass is 306 g/mol. The zero-order valence-electron chi connectivity index (χ0n) is 11.8. The molecule has 7 heteroatoms. The highest BCUT2D eigenvalue weighted by Gasteiger charge is 2.68. The Hall–Kier alpha value is -0.820. The van der Waals surface area contributed by atoms with Crippen LogP contribution in [0.5, 0.6) is 0 Å². The van der Waals surface area contributed by atoms with Gasteiger partial charge in [-0.1, -0.05) is 6.42 Å². The highest BCUT2D eigenvalue weighted by molar-refractivity contribution is 5.79. The number of carbonyl (C=O) groups excluding carboxylic acids is 1. The molecule has 1 amide bonds. The number of amides is 1. The summed E-state index contributed by atoms with van der Waals surface area (Å²) in [5, 5.41) is 2.70. The predicted molar refractivity (Wildman–Crippen MR) is 69.3 cm³/mol. The summed E-state index contributed by atoms with van der Waals surface area (Å²) in [6, 6.07) is 0. The lowest BCUT2D eigenvalue weighted by atomic mass is 9.75. The second kappa shape index (κ2) is 4.84. The summed E-state index contributed by atoms with van der Waals surface area (Å²) in [5.74, 6) is -1.68. The summed E-state index contributed by atoms with van der Waals surface area (Å²) in [7, 11) is 0. The average Bonchev–Trinajstić information content (AvgIpc) is 2.81. The minimum Gasteiger partial charge on any atom is -0.368 e. The van der Waals surface area contributed by atoms with Gasteiger partial charge in [-0.25, -0.2) is 0 Å². The largest absolute Gasteiger partial charge is 0.415 e. The number of carbonyl (C=O) groups is 1. The van der Waals surface area contributed by atoms with Crippen LogP contribution in [0.4, 0.5) is 13.2 Å². The second-order valence-corrected chi connectivity index (χ2v) is 6.74. The molecule has 21 heavy (non-hydrogen) atoms. The fourth-order valence-electron chi connectivity index (χ4n) is 4.09. The molecule has 3 aliphatic rings. The molecule has 4 nitrogen and oxygen atoms in total. The third kappa shape index (κ3) is 2.34. The van der Waals surface area contributed by atoms with Crippen LogP contribution in [-0.4, -0.2) is 37.9 Å². The van der Waals surface area contributed by atoms with Gasteiger partial charge in [-0.05, 0) is 31.1 Å². The van der Waals surface area contributed by atoms with Crippen molar-refractivity contribution in [2.75, 3.05) is 19.7 Å². The quantitative estimate of drug-likeness (QED) is 0.829. The third-order valence-electron chi connectivity index (χ3n) is 5.73. The van der Waals surface area contributed by atoms with E-state index < -0.39 is 24.1 Å². The molecule has 1 unspecified atom stereocenters. The number of ether oxygens (including phenoxy) is 1. The first-order valence-electron chi connectivity index (χ1n) is 7.50. The first kappa shape index (κ1) is 15.1. The molecule has 0 aromatic carbocycles. The molecule has 3 fully saturated rings. The number of hydrogen-bond acceptors (Lipinski definition) is 3. The fraction of sp³-hybridized carbons (Fsp3) is 0.929. The van der Waals surface area contributed by atoms with Gasteiger partial charge >= 0.3 is 6.18 Å². The van der Waals surface area contributed by atoms with E-state index >= 15 is 0 Å². The summed E-state index contributed by atoms with van der Waals surface area (Å²) in [6.07, 6.45) is -1.92. The van der Waals surface area contributed by atoms with Gasteiger partial charge in [0.2, 0.25) is 5.91 Å². The third-order valence-corrected chi connectivity index (χ3v) is 5.73. The maximum absolute atomic E-state index is 12.8. The van der Waals surface area contributed by atoms with E-state index in [1.54, 1.807) is 0 Å². The molecule has 1 spiro atoms. The van der Waals surface area contributed by atoms with Gasteiger partial charge in [0.25, 0.3) is 0 Å². The zero-order chi connectivity index (χ0) is 15.3. The van der Waals surface area contributed by atoms with Crippen LogP contribution in [0, 0.1) is 16.7 Å². The Morgan fingerprint density at radius 1 is 1.38 bits per heavy atom. The van der Waals surface area contributed by atoms with E-state index in [1.165, 1.54) is 6.42 Å². The Morgan fingerprint density at radius 3 is 2.57 bits per heavy atom. The van der Waals surface area contributed by atoms with Gasteiger partial charge in [0, 0.05) is 25.1 Å². The standard InChI is InChI=1S/C14H21F3N2O2/c15-14(16,17)10-9(2-5-21-10)11(20)19-8-13(7-18)6-12(13)3-1-4-12/h9-10H,1-8,18H2,(H,19,20)/t9-,10-,13?/m1/s1. The fourth-order valence-corrected chi connectivity index (χ4v) is 4.09. The molecule has 120 valence electrons. The second-order valence-electron chi connectivity index (χ2n) is 6.74. The van der Waals surface area contributed by atoms with Crippen molar-refractivity contribution in [3.63, 3.8) is 0 Å². The maximum Gasteiger partial charge on any atom is 0.415 e. The topological polar surface area (TPSA) is 64.3 Å². The summed E-state index contributed by atoms with van der Waals surface area (Å²) >= 11 is 0. The molecule has 1 saturated heterocycles. The number of nitrogens with one attached hydrogen (secondary N) is 1. The van der Waals surface area contributed by atoms with Crippen LogP contribution >= 0.6 is 0 Å². The minimum atomic E-state index is -4.49. The molecule has 1 heterocycles. The lowest BCUT2D eigenvalue weighted by Gasteiger charge is -2.33. The molecule has 1 aliphatic heterocycles. The lowest BCUT2D eigenvalue weighted by molar-refractivity contribution is -0.216. The molecular formula is C14H21F3N2O2. The van der Waals surface area contributed by atoms with Gasteiger partial charge < -0.3 is 15.8 Å². The highest BCUT2D eigenvalue weighted by atomic mass is 19.4. The van der Waals surface area contributed by atoms with Crippen molar-refractivity contribution < 1.29 is 22.7 Å². The van der Waals surface area contributed by atoms with Crippen LogP contribution in [0.15, 0.2) is 0 Å². The number of rotatable bonds is 4. The Bertz CT molecular complexity index is 436.